The average Bonchev–Trinajstić information content (AvgIpc) is 2.56. The van der Waals surface area contributed by atoms with Crippen molar-refractivity contribution in [1.82, 2.24) is 10.2 Å². The highest BCUT2D eigenvalue weighted by Crippen LogP contribution is 2.30. The van der Waals surface area contributed by atoms with E-state index in [9.17, 15) is 4.79 Å². The molecule has 21 heavy (non-hydrogen) atoms. The first-order valence-corrected chi connectivity index (χ1v) is 7.86. The molecule has 0 radical (unpaired) electrons. The number of rotatable bonds is 2. The Balaban J connectivity index is 1.69. The van der Waals surface area contributed by atoms with E-state index in [1.165, 1.54) is 0 Å². The van der Waals surface area contributed by atoms with E-state index in [-0.39, 0.29) is 17.4 Å². The molecule has 114 valence electrons. The molecule has 0 spiro atoms. The quantitative estimate of drug-likeness (QED) is 0.905. The number of morpholine rings is 1. The Morgan fingerprint density at radius 1 is 1.38 bits per heavy atom. The Morgan fingerprint density at radius 3 is 2.90 bits per heavy atom. The summed E-state index contributed by atoms with van der Waals surface area (Å²) in [6.07, 6.45) is 2.06. The van der Waals surface area contributed by atoms with Gasteiger partial charge in [0.25, 0.3) is 0 Å². The van der Waals surface area contributed by atoms with Gasteiger partial charge in [-0.15, -0.1) is 0 Å². The van der Waals surface area contributed by atoms with Crippen LogP contribution in [-0.4, -0.2) is 43.6 Å². The lowest BCUT2D eigenvalue weighted by molar-refractivity contribution is -0.150. The average molecular weight is 288 g/mol. The third-order valence-corrected chi connectivity index (χ3v) is 4.64. The SMILES string of the molecule is CC1(C(=O)N2CCOC(c3ccccc3)C2)CCCNC1. The van der Waals surface area contributed by atoms with Crippen molar-refractivity contribution in [3.8, 4) is 0 Å². The van der Waals surface area contributed by atoms with Crippen LogP contribution in [0.25, 0.3) is 0 Å². The third-order valence-electron chi connectivity index (χ3n) is 4.64. The molecule has 2 fully saturated rings. The second-order valence-electron chi connectivity index (χ2n) is 6.36. The Bertz CT molecular complexity index is 483. The molecule has 2 saturated heterocycles. The molecule has 1 N–H and O–H groups in total. The number of carbonyl (C=O) groups is 1. The number of piperidine rings is 1. The fourth-order valence-electron chi connectivity index (χ4n) is 3.32. The topological polar surface area (TPSA) is 41.6 Å². The molecule has 2 atom stereocenters. The fourth-order valence-corrected chi connectivity index (χ4v) is 3.32. The van der Waals surface area contributed by atoms with Gasteiger partial charge >= 0.3 is 0 Å². The van der Waals surface area contributed by atoms with Crippen molar-refractivity contribution in [3.63, 3.8) is 0 Å². The number of hydrogen-bond acceptors (Lipinski definition) is 3. The van der Waals surface area contributed by atoms with E-state index in [0.717, 1.165) is 31.5 Å². The monoisotopic (exact) mass is 288 g/mol. The second kappa shape index (κ2) is 6.16. The molecule has 1 amide bonds. The maximum Gasteiger partial charge on any atom is 0.229 e. The Hall–Kier alpha value is -1.39. The number of nitrogens with one attached hydrogen (secondary N) is 1. The summed E-state index contributed by atoms with van der Waals surface area (Å²) in [7, 11) is 0. The van der Waals surface area contributed by atoms with E-state index in [1.807, 2.05) is 23.1 Å². The van der Waals surface area contributed by atoms with Gasteiger partial charge in [0, 0.05) is 13.1 Å². The van der Waals surface area contributed by atoms with Gasteiger partial charge < -0.3 is 15.0 Å². The number of hydrogen-bond donors (Lipinski definition) is 1. The van der Waals surface area contributed by atoms with E-state index in [0.29, 0.717) is 19.7 Å². The molecule has 0 saturated carbocycles. The molecule has 2 heterocycles. The Morgan fingerprint density at radius 2 is 2.19 bits per heavy atom. The molecule has 1 aromatic rings. The molecule has 2 aliphatic rings. The summed E-state index contributed by atoms with van der Waals surface area (Å²) in [5.41, 5.74) is 0.901. The van der Waals surface area contributed by atoms with E-state index in [4.69, 9.17) is 4.74 Å². The normalized spacial score (nSPS) is 30.1. The molecule has 2 unspecified atom stereocenters. The van der Waals surface area contributed by atoms with Crippen LogP contribution in [0.3, 0.4) is 0 Å². The van der Waals surface area contributed by atoms with Gasteiger partial charge in [0.1, 0.15) is 6.10 Å². The number of amides is 1. The Kier molecular flexibility index (Phi) is 4.27. The molecular formula is C17H24N2O2. The summed E-state index contributed by atoms with van der Waals surface area (Å²) in [6.45, 7) is 5.90. The van der Waals surface area contributed by atoms with E-state index in [2.05, 4.69) is 24.4 Å². The smallest absolute Gasteiger partial charge is 0.229 e. The first-order chi connectivity index (χ1) is 10.2. The van der Waals surface area contributed by atoms with Crippen LogP contribution in [-0.2, 0) is 9.53 Å². The van der Waals surface area contributed by atoms with Crippen LogP contribution in [0.5, 0.6) is 0 Å². The molecule has 4 nitrogen and oxygen atoms in total. The highest BCUT2D eigenvalue weighted by molar-refractivity contribution is 5.83. The predicted molar refractivity (Wildman–Crippen MR) is 81.9 cm³/mol. The van der Waals surface area contributed by atoms with Crippen LogP contribution in [0.15, 0.2) is 30.3 Å². The zero-order valence-electron chi connectivity index (χ0n) is 12.7. The van der Waals surface area contributed by atoms with Crippen molar-refractivity contribution in [2.24, 2.45) is 5.41 Å². The molecule has 0 aromatic heterocycles. The highest BCUT2D eigenvalue weighted by Gasteiger charge is 2.39. The summed E-state index contributed by atoms with van der Waals surface area (Å²) >= 11 is 0. The first kappa shape index (κ1) is 14.5. The maximum atomic E-state index is 12.9. The first-order valence-electron chi connectivity index (χ1n) is 7.86. The predicted octanol–water partition coefficient (Wildman–Crippen LogP) is 1.98. The van der Waals surface area contributed by atoms with Crippen LogP contribution >= 0.6 is 0 Å². The van der Waals surface area contributed by atoms with E-state index >= 15 is 0 Å². The molecule has 4 heteroatoms. The lowest BCUT2D eigenvalue weighted by atomic mass is 9.81. The van der Waals surface area contributed by atoms with Gasteiger partial charge in [-0.25, -0.2) is 0 Å². The van der Waals surface area contributed by atoms with Crippen LogP contribution in [0, 0.1) is 5.41 Å². The number of ether oxygens (including phenoxy) is 1. The fraction of sp³-hybridized carbons (Fsp3) is 0.588. The summed E-state index contributed by atoms with van der Waals surface area (Å²) in [4.78, 5) is 14.9. The van der Waals surface area contributed by atoms with Crippen LogP contribution < -0.4 is 5.32 Å². The summed E-state index contributed by atoms with van der Waals surface area (Å²) in [5.74, 6) is 0.277. The lowest BCUT2D eigenvalue weighted by Gasteiger charge is -2.40. The highest BCUT2D eigenvalue weighted by atomic mass is 16.5. The van der Waals surface area contributed by atoms with Crippen molar-refractivity contribution in [2.75, 3.05) is 32.8 Å². The minimum atomic E-state index is -0.253. The zero-order valence-corrected chi connectivity index (χ0v) is 12.7. The standard InChI is InChI=1S/C17H24N2O2/c1-17(8-5-9-18-13-17)16(20)19-10-11-21-15(12-19)14-6-3-2-4-7-14/h2-4,6-7,15,18H,5,8-13H2,1H3. The van der Waals surface area contributed by atoms with E-state index in [1.54, 1.807) is 0 Å². The van der Waals surface area contributed by atoms with Gasteiger partial charge in [0.15, 0.2) is 0 Å². The number of nitrogens with zero attached hydrogens (tertiary/aromatic N) is 1. The molecule has 1 aromatic carbocycles. The molecular weight excluding hydrogens is 264 g/mol. The van der Waals surface area contributed by atoms with Gasteiger partial charge in [-0.2, -0.15) is 0 Å². The lowest BCUT2D eigenvalue weighted by Crippen LogP contribution is -2.53. The molecule has 2 aliphatic heterocycles. The van der Waals surface area contributed by atoms with Crippen molar-refractivity contribution in [2.45, 2.75) is 25.9 Å². The minimum Gasteiger partial charge on any atom is -0.370 e. The van der Waals surface area contributed by atoms with Crippen molar-refractivity contribution >= 4 is 5.91 Å². The summed E-state index contributed by atoms with van der Waals surface area (Å²) in [6, 6.07) is 10.2. The van der Waals surface area contributed by atoms with Gasteiger partial charge in [0.2, 0.25) is 5.91 Å². The molecule has 0 aliphatic carbocycles. The van der Waals surface area contributed by atoms with Crippen LogP contribution in [0.1, 0.15) is 31.4 Å². The van der Waals surface area contributed by atoms with Crippen molar-refractivity contribution in [1.29, 1.82) is 0 Å². The van der Waals surface area contributed by atoms with Gasteiger partial charge in [-0.1, -0.05) is 30.3 Å². The van der Waals surface area contributed by atoms with Gasteiger partial charge in [-0.05, 0) is 31.9 Å². The number of benzene rings is 1. The van der Waals surface area contributed by atoms with Crippen LogP contribution in [0.2, 0.25) is 0 Å². The van der Waals surface area contributed by atoms with Crippen molar-refractivity contribution < 1.29 is 9.53 Å². The van der Waals surface area contributed by atoms with Crippen LogP contribution in [0.4, 0.5) is 0 Å². The van der Waals surface area contributed by atoms with Crippen molar-refractivity contribution in [3.05, 3.63) is 35.9 Å². The zero-order chi connectivity index (χ0) is 14.7. The van der Waals surface area contributed by atoms with Gasteiger partial charge in [0.05, 0.1) is 18.6 Å². The third kappa shape index (κ3) is 3.11. The van der Waals surface area contributed by atoms with E-state index < -0.39 is 0 Å². The largest absolute Gasteiger partial charge is 0.370 e. The molecule has 0 bridgehead atoms. The summed E-state index contributed by atoms with van der Waals surface area (Å²) in [5, 5.41) is 3.36. The Labute approximate surface area is 126 Å². The molecule has 3 rings (SSSR count). The maximum absolute atomic E-state index is 12.9. The summed E-state index contributed by atoms with van der Waals surface area (Å²) < 4.78 is 5.86. The van der Waals surface area contributed by atoms with Gasteiger partial charge in [-0.3, -0.25) is 4.79 Å². The minimum absolute atomic E-state index is 0.00375. The second-order valence-corrected chi connectivity index (χ2v) is 6.36. The number of carbonyl (C=O) groups excluding carboxylic acids is 1.